The van der Waals surface area contributed by atoms with Gasteiger partial charge in [-0.1, -0.05) is 43.5 Å². The molecule has 0 amide bonds. The Bertz CT molecular complexity index is 849. The molecule has 2 aromatic carbocycles. The summed E-state index contributed by atoms with van der Waals surface area (Å²) >= 11 is 0. The van der Waals surface area contributed by atoms with Gasteiger partial charge < -0.3 is 20.7 Å². The van der Waals surface area contributed by atoms with Crippen LogP contribution in [0.25, 0.3) is 10.8 Å². The molecule has 0 saturated heterocycles. The fourth-order valence-corrected chi connectivity index (χ4v) is 3.86. The van der Waals surface area contributed by atoms with Gasteiger partial charge in [0, 0.05) is 29.6 Å². The second kappa shape index (κ2) is 12.3. The van der Waals surface area contributed by atoms with E-state index >= 15 is 0 Å². The van der Waals surface area contributed by atoms with E-state index in [4.69, 9.17) is 20.7 Å². The van der Waals surface area contributed by atoms with Gasteiger partial charge in [-0.2, -0.15) is 0 Å². The van der Waals surface area contributed by atoms with E-state index in [0.717, 1.165) is 47.8 Å². The predicted octanol–water partition coefficient (Wildman–Crippen LogP) is 4.03. The molecule has 1 radical (unpaired) electrons. The Morgan fingerprint density at radius 1 is 1.07 bits per heavy atom. The van der Waals surface area contributed by atoms with Crippen LogP contribution < -0.4 is 10.5 Å². The zero-order valence-electron chi connectivity index (χ0n) is 18.2. The van der Waals surface area contributed by atoms with Gasteiger partial charge in [0.1, 0.15) is 5.75 Å². The predicted molar refractivity (Wildman–Crippen MR) is 119 cm³/mol. The Hall–Kier alpha value is -1.60. The van der Waals surface area contributed by atoms with Gasteiger partial charge >= 0.3 is 11.9 Å². The molecule has 1 fully saturated rings. The van der Waals surface area contributed by atoms with Crippen molar-refractivity contribution in [2.75, 3.05) is 13.7 Å². The SMILES string of the molecule is COc1ccc2cc([C@H](C)C(=O)O)ccc2c1.NCC1(CC(=O)O)CCCCC1.[Na]. The number of fused-ring (bicyclic) bond motifs is 1. The molecule has 1 aliphatic rings. The van der Waals surface area contributed by atoms with Crippen LogP contribution in [0.5, 0.6) is 5.75 Å². The average Bonchev–Trinajstić information content (AvgIpc) is 2.73. The van der Waals surface area contributed by atoms with Crippen molar-refractivity contribution >= 4 is 52.3 Å². The zero-order chi connectivity index (χ0) is 21.4. The maximum absolute atomic E-state index is 10.9. The number of benzene rings is 2. The molecule has 6 nitrogen and oxygen atoms in total. The first-order valence-corrected chi connectivity index (χ1v) is 10.0. The molecule has 0 aromatic heterocycles. The first-order valence-electron chi connectivity index (χ1n) is 10.0. The molecular weight excluding hydrogens is 393 g/mol. The van der Waals surface area contributed by atoms with Crippen molar-refractivity contribution in [1.82, 2.24) is 0 Å². The number of methoxy groups -OCH3 is 1. The number of carbonyl (C=O) groups is 2. The molecule has 4 N–H and O–H groups in total. The molecule has 1 atom stereocenters. The van der Waals surface area contributed by atoms with E-state index < -0.39 is 17.9 Å². The summed E-state index contributed by atoms with van der Waals surface area (Å²) in [6, 6.07) is 11.4. The first kappa shape index (κ1) is 26.4. The summed E-state index contributed by atoms with van der Waals surface area (Å²) in [7, 11) is 1.63. The van der Waals surface area contributed by atoms with E-state index in [-0.39, 0.29) is 41.4 Å². The van der Waals surface area contributed by atoms with Crippen LogP contribution in [-0.2, 0) is 9.59 Å². The van der Waals surface area contributed by atoms with Gasteiger partial charge in [-0.25, -0.2) is 0 Å². The number of nitrogens with two attached hydrogens (primary N) is 1. The standard InChI is InChI=1S/C14H14O3.C9H17NO2.Na/c1-9(14(15)16)10-3-4-12-8-13(17-2)6-5-11(12)7-10;10-7-9(6-8(11)12)4-2-1-3-5-9;/h3-9H,1-2H3,(H,15,16);1-7,10H2,(H,11,12);/t9-;;/m0../s1. The molecule has 7 heteroatoms. The van der Waals surface area contributed by atoms with Crippen LogP contribution in [0.15, 0.2) is 36.4 Å². The molecule has 1 saturated carbocycles. The summed E-state index contributed by atoms with van der Waals surface area (Å²) in [6.45, 7) is 2.21. The van der Waals surface area contributed by atoms with Crippen LogP contribution in [0.3, 0.4) is 0 Å². The Morgan fingerprint density at radius 2 is 1.67 bits per heavy atom. The van der Waals surface area contributed by atoms with Crippen molar-refractivity contribution in [3.05, 3.63) is 42.0 Å². The molecule has 0 bridgehead atoms. The van der Waals surface area contributed by atoms with Gasteiger partial charge in [-0.15, -0.1) is 0 Å². The number of rotatable bonds is 6. The third-order valence-corrected chi connectivity index (χ3v) is 5.82. The van der Waals surface area contributed by atoms with Gasteiger partial charge in [-0.05, 0) is 60.2 Å². The Kier molecular flexibility index (Phi) is 10.8. The summed E-state index contributed by atoms with van der Waals surface area (Å²) in [6.07, 6.45) is 5.77. The minimum Gasteiger partial charge on any atom is -0.497 e. The summed E-state index contributed by atoms with van der Waals surface area (Å²) in [5.74, 6) is -1.20. The summed E-state index contributed by atoms with van der Waals surface area (Å²) in [4.78, 5) is 21.5. The molecule has 0 unspecified atom stereocenters. The van der Waals surface area contributed by atoms with E-state index in [1.54, 1.807) is 14.0 Å². The Balaban J connectivity index is 0.000000308. The molecule has 159 valence electrons. The van der Waals surface area contributed by atoms with Crippen molar-refractivity contribution in [3.8, 4) is 5.75 Å². The van der Waals surface area contributed by atoms with Crippen molar-refractivity contribution < 1.29 is 24.5 Å². The maximum Gasteiger partial charge on any atom is 0.310 e. The third kappa shape index (κ3) is 7.27. The van der Waals surface area contributed by atoms with E-state index in [0.29, 0.717) is 6.54 Å². The molecular formula is C23H31NNaO5. The zero-order valence-corrected chi connectivity index (χ0v) is 20.2. The van der Waals surface area contributed by atoms with Crippen molar-refractivity contribution in [2.45, 2.75) is 51.4 Å². The number of ether oxygens (including phenoxy) is 1. The van der Waals surface area contributed by atoms with E-state index in [9.17, 15) is 9.59 Å². The van der Waals surface area contributed by atoms with Crippen molar-refractivity contribution in [2.24, 2.45) is 11.1 Å². The minimum atomic E-state index is -0.808. The van der Waals surface area contributed by atoms with Crippen molar-refractivity contribution in [1.29, 1.82) is 0 Å². The van der Waals surface area contributed by atoms with Gasteiger partial charge in [0.15, 0.2) is 0 Å². The van der Waals surface area contributed by atoms with Crippen LogP contribution in [0, 0.1) is 5.41 Å². The molecule has 3 rings (SSSR count). The number of hydrogen-bond acceptors (Lipinski definition) is 4. The molecule has 0 spiro atoms. The Labute approximate surface area is 200 Å². The summed E-state index contributed by atoms with van der Waals surface area (Å²) in [5, 5.41) is 19.7. The molecule has 0 heterocycles. The number of carboxylic acid groups (broad SMARTS) is 2. The van der Waals surface area contributed by atoms with Gasteiger partial charge in [0.2, 0.25) is 0 Å². The van der Waals surface area contributed by atoms with Gasteiger partial charge in [0.25, 0.3) is 0 Å². The number of hydrogen-bond donors (Lipinski definition) is 3. The smallest absolute Gasteiger partial charge is 0.310 e. The summed E-state index contributed by atoms with van der Waals surface area (Å²) < 4.78 is 5.14. The molecule has 30 heavy (non-hydrogen) atoms. The number of aliphatic carboxylic acids is 2. The van der Waals surface area contributed by atoms with Gasteiger partial charge in [-0.3, -0.25) is 9.59 Å². The fraction of sp³-hybridized carbons (Fsp3) is 0.478. The first-order chi connectivity index (χ1) is 13.8. The number of carboxylic acids is 2. The quantitative estimate of drug-likeness (QED) is 0.604. The molecule has 0 aliphatic heterocycles. The monoisotopic (exact) mass is 424 g/mol. The topological polar surface area (TPSA) is 110 Å². The minimum absolute atomic E-state index is 0. The normalized spacial score (nSPS) is 15.8. The second-order valence-electron chi connectivity index (χ2n) is 7.87. The fourth-order valence-electron chi connectivity index (χ4n) is 3.86. The van der Waals surface area contributed by atoms with Crippen LogP contribution in [0.1, 0.15) is 56.9 Å². The van der Waals surface area contributed by atoms with E-state index in [2.05, 4.69) is 0 Å². The average molecular weight is 424 g/mol. The van der Waals surface area contributed by atoms with E-state index in [1.165, 1.54) is 6.42 Å². The van der Waals surface area contributed by atoms with Crippen LogP contribution >= 0.6 is 0 Å². The second-order valence-corrected chi connectivity index (χ2v) is 7.87. The van der Waals surface area contributed by atoms with Crippen LogP contribution in [0.2, 0.25) is 0 Å². The van der Waals surface area contributed by atoms with Crippen LogP contribution in [0.4, 0.5) is 0 Å². The van der Waals surface area contributed by atoms with Crippen LogP contribution in [-0.4, -0.2) is 65.4 Å². The third-order valence-electron chi connectivity index (χ3n) is 5.82. The van der Waals surface area contributed by atoms with Crippen molar-refractivity contribution in [3.63, 3.8) is 0 Å². The summed E-state index contributed by atoms with van der Waals surface area (Å²) in [5.41, 5.74) is 6.36. The Morgan fingerprint density at radius 3 is 2.20 bits per heavy atom. The maximum atomic E-state index is 10.9. The molecule has 1 aliphatic carbocycles. The molecule has 2 aromatic rings. The largest absolute Gasteiger partial charge is 0.497 e. The van der Waals surface area contributed by atoms with Gasteiger partial charge in [0.05, 0.1) is 19.4 Å². The van der Waals surface area contributed by atoms with E-state index in [1.807, 2.05) is 36.4 Å².